The van der Waals surface area contributed by atoms with Gasteiger partial charge in [-0.3, -0.25) is 5.10 Å². The number of rotatable bonds is 4. The second-order valence-corrected chi connectivity index (χ2v) is 5.62. The first kappa shape index (κ1) is 11.4. The monoisotopic (exact) mass is 276 g/mol. The van der Waals surface area contributed by atoms with Gasteiger partial charge in [-0.25, -0.2) is 0 Å². The molecule has 0 spiro atoms. The number of H-pyrrole nitrogens is 2. The number of hydrogen-bond donors (Lipinski definition) is 3. The second-order valence-electron chi connectivity index (χ2n) is 3.95. The van der Waals surface area contributed by atoms with Crippen molar-refractivity contribution in [2.24, 2.45) is 0 Å². The first-order valence-corrected chi connectivity index (χ1v) is 6.90. The minimum atomic E-state index is 0.699. The van der Waals surface area contributed by atoms with Crippen molar-refractivity contribution < 1.29 is 0 Å². The smallest absolute Gasteiger partial charge is 0.204 e. The summed E-state index contributed by atoms with van der Waals surface area (Å²) in [5.41, 5.74) is 2.50. The minimum absolute atomic E-state index is 0.699. The first-order valence-electron chi connectivity index (χ1n) is 5.67. The zero-order chi connectivity index (χ0) is 12.4. The number of nitrogens with zero attached hydrogens (tertiary/aromatic N) is 1. The molecular weight excluding hydrogens is 264 g/mol. The van der Waals surface area contributed by atoms with Crippen molar-refractivity contribution in [1.29, 1.82) is 0 Å². The zero-order valence-electron chi connectivity index (χ0n) is 9.56. The Bertz CT molecular complexity index is 710. The van der Waals surface area contributed by atoms with Crippen molar-refractivity contribution in [3.05, 3.63) is 40.0 Å². The van der Waals surface area contributed by atoms with E-state index >= 15 is 0 Å². The van der Waals surface area contributed by atoms with E-state index in [-0.39, 0.29) is 0 Å². The van der Waals surface area contributed by atoms with Crippen molar-refractivity contribution in [3.8, 4) is 0 Å². The molecule has 0 saturated carbocycles. The molecule has 92 valence electrons. The number of hydrogen-bond acceptors (Lipinski definition) is 4. The SMILES string of the molecule is S=c1[nH]nc(NCCc2c[nH]c3ccccc23)s1. The van der Waals surface area contributed by atoms with Gasteiger partial charge in [0.1, 0.15) is 0 Å². The van der Waals surface area contributed by atoms with Crippen molar-refractivity contribution in [2.45, 2.75) is 6.42 Å². The van der Waals surface area contributed by atoms with Crippen LogP contribution in [0.5, 0.6) is 0 Å². The molecule has 3 aromatic rings. The van der Waals surface area contributed by atoms with Gasteiger partial charge in [0, 0.05) is 23.6 Å². The highest BCUT2D eigenvalue weighted by molar-refractivity contribution is 7.73. The minimum Gasteiger partial charge on any atom is -0.361 e. The summed E-state index contributed by atoms with van der Waals surface area (Å²) in [6.07, 6.45) is 3.02. The van der Waals surface area contributed by atoms with Crippen LogP contribution in [0.15, 0.2) is 30.5 Å². The normalized spacial score (nSPS) is 10.9. The highest BCUT2D eigenvalue weighted by Gasteiger charge is 2.03. The predicted molar refractivity (Wildman–Crippen MR) is 77.8 cm³/mol. The molecule has 3 N–H and O–H groups in total. The molecule has 4 nitrogen and oxygen atoms in total. The summed E-state index contributed by atoms with van der Waals surface area (Å²) in [6, 6.07) is 8.33. The number of fused-ring (bicyclic) bond motifs is 1. The molecule has 6 heteroatoms. The van der Waals surface area contributed by atoms with Gasteiger partial charge in [0.15, 0.2) is 3.95 Å². The Hall–Kier alpha value is -1.66. The van der Waals surface area contributed by atoms with Crippen molar-refractivity contribution in [3.63, 3.8) is 0 Å². The van der Waals surface area contributed by atoms with E-state index in [1.807, 2.05) is 6.07 Å². The second kappa shape index (κ2) is 4.91. The molecule has 0 aliphatic rings. The third kappa shape index (κ3) is 2.30. The van der Waals surface area contributed by atoms with Gasteiger partial charge in [-0.1, -0.05) is 29.5 Å². The maximum atomic E-state index is 4.98. The fourth-order valence-corrected chi connectivity index (χ4v) is 2.76. The van der Waals surface area contributed by atoms with Crippen LogP contribution < -0.4 is 5.32 Å². The molecule has 0 radical (unpaired) electrons. The number of benzene rings is 1. The van der Waals surface area contributed by atoms with E-state index in [0.717, 1.165) is 18.1 Å². The van der Waals surface area contributed by atoms with Crippen LogP contribution in [0.25, 0.3) is 10.9 Å². The molecule has 0 unspecified atom stereocenters. The van der Waals surface area contributed by atoms with E-state index in [0.29, 0.717) is 3.95 Å². The van der Waals surface area contributed by atoms with Crippen LogP contribution in [0.4, 0.5) is 5.13 Å². The Labute approximate surface area is 113 Å². The van der Waals surface area contributed by atoms with E-state index in [2.05, 4.69) is 44.9 Å². The molecule has 0 amide bonds. The summed E-state index contributed by atoms with van der Waals surface area (Å²) in [5.74, 6) is 0. The lowest BCUT2D eigenvalue weighted by atomic mass is 10.1. The number of para-hydroxylation sites is 1. The molecule has 2 aromatic heterocycles. The molecule has 18 heavy (non-hydrogen) atoms. The predicted octanol–water partition coefficient (Wildman–Crippen LogP) is 3.34. The quantitative estimate of drug-likeness (QED) is 0.641. The van der Waals surface area contributed by atoms with Crippen LogP contribution in [0.1, 0.15) is 5.56 Å². The Morgan fingerprint density at radius 3 is 3.06 bits per heavy atom. The molecule has 0 fully saturated rings. The van der Waals surface area contributed by atoms with E-state index in [1.54, 1.807) is 0 Å². The van der Waals surface area contributed by atoms with Crippen LogP contribution in [0.3, 0.4) is 0 Å². The lowest BCUT2D eigenvalue weighted by Gasteiger charge is -2.01. The molecular formula is C12H12N4S2. The summed E-state index contributed by atoms with van der Waals surface area (Å²) in [4.78, 5) is 3.28. The van der Waals surface area contributed by atoms with Crippen molar-refractivity contribution >= 4 is 39.6 Å². The van der Waals surface area contributed by atoms with E-state index in [4.69, 9.17) is 12.2 Å². The highest BCUT2D eigenvalue weighted by atomic mass is 32.1. The molecule has 3 rings (SSSR count). The van der Waals surface area contributed by atoms with E-state index < -0.39 is 0 Å². The average Bonchev–Trinajstić information content (AvgIpc) is 2.97. The van der Waals surface area contributed by atoms with Gasteiger partial charge in [0.25, 0.3) is 0 Å². The van der Waals surface area contributed by atoms with Gasteiger partial charge in [-0.05, 0) is 30.3 Å². The third-order valence-corrected chi connectivity index (χ3v) is 3.83. The van der Waals surface area contributed by atoms with Crippen LogP contribution in [-0.2, 0) is 6.42 Å². The van der Waals surface area contributed by atoms with Gasteiger partial charge < -0.3 is 10.3 Å². The summed E-state index contributed by atoms with van der Waals surface area (Å²) in [5, 5.41) is 12.2. The fourth-order valence-electron chi connectivity index (χ4n) is 1.95. The van der Waals surface area contributed by atoms with Gasteiger partial charge in [0.2, 0.25) is 5.13 Å². The van der Waals surface area contributed by atoms with Crippen molar-refractivity contribution in [1.82, 2.24) is 15.2 Å². The highest BCUT2D eigenvalue weighted by Crippen LogP contribution is 2.18. The molecule has 2 heterocycles. The lowest BCUT2D eigenvalue weighted by Crippen LogP contribution is -2.04. The third-order valence-electron chi connectivity index (χ3n) is 2.78. The standard InChI is InChI=1S/C12H12N4S2/c17-12-16-15-11(18-12)13-6-5-8-7-14-10-4-2-1-3-9(8)10/h1-4,7,14H,5-6H2,(H,13,15)(H,16,17). The Kier molecular flexibility index (Phi) is 3.12. The maximum absolute atomic E-state index is 4.98. The number of nitrogens with one attached hydrogen (secondary N) is 3. The van der Waals surface area contributed by atoms with Crippen molar-refractivity contribution in [2.75, 3.05) is 11.9 Å². The van der Waals surface area contributed by atoms with Crippen LogP contribution in [-0.4, -0.2) is 21.7 Å². The van der Waals surface area contributed by atoms with Gasteiger partial charge in [-0.15, -0.1) is 5.10 Å². The maximum Gasteiger partial charge on any atom is 0.204 e. The lowest BCUT2D eigenvalue weighted by molar-refractivity contribution is 0.998. The number of aromatic nitrogens is 3. The Balaban J connectivity index is 1.68. The van der Waals surface area contributed by atoms with Gasteiger partial charge in [-0.2, -0.15) is 0 Å². The summed E-state index contributed by atoms with van der Waals surface area (Å²) < 4.78 is 0.699. The van der Waals surface area contributed by atoms with Gasteiger partial charge >= 0.3 is 0 Å². The average molecular weight is 276 g/mol. The zero-order valence-corrected chi connectivity index (χ0v) is 11.2. The molecule has 0 aliphatic heterocycles. The number of aromatic amines is 2. The van der Waals surface area contributed by atoms with Gasteiger partial charge in [0.05, 0.1) is 0 Å². The van der Waals surface area contributed by atoms with Crippen LogP contribution in [0.2, 0.25) is 0 Å². The molecule has 0 saturated heterocycles. The largest absolute Gasteiger partial charge is 0.361 e. The first-order chi connectivity index (χ1) is 8.83. The fraction of sp³-hybridized carbons (Fsp3) is 0.167. The topological polar surface area (TPSA) is 56.5 Å². The Morgan fingerprint density at radius 1 is 1.33 bits per heavy atom. The van der Waals surface area contributed by atoms with Crippen LogP contribution in [0, 0.1) is 3.95 Å². The molecule has 0 aliphatic carbocycles. The summed E-state index contributed by atoms with van der Waals surface area (Å²) in [7, 11) is 0. The molecule has 0 atom stereocenters. The summed E-state index contributed by atoms with van der Waals surface area (Å²) >= 11 is 6.44. The number of anilines is 1. The molecule has 0 bridgehead atoms. The Morgan fingerprint density at radius 2 is 2.22 bits per heavy atom. The van der Waals surface area contributed by atoms with E-state index in [9.17, 15) is 0 Å². The summed E-state index contributed by atoms with van der Waals surface area (Å²) in [6.45, 7) is 0.845. The van der Waals surface area contributed by atoms with Crippen LogP contribution >= 0.6 is 23.6 Å². The molecule has 1 aromatic carbocycles. The van der Waals surface area contributed by atoms with E-state index in [1.165, 1.54) is 27.8 Å².